The summed E-state index contributed by atoms with van der Waals surface area (Å²) in [7, 11) is 0. The summed E-state index contributed by atoms with van der Waals surface area (Å²) in [6.45, 7) is 4.98. The monoisotopic (exact) mass is 374 g/mol. The maximum Gasteiger partial charge on any atom is 0.226 e. The number of allylic oxidation sites excluding steroid dienone is 1. The molecule has 0 atom stereocenters. The standard InChI is InChI=1S/C22H26N6/c1-15-8-9-16(2)18(14-15)26-21-19-20(24-13-12-23-19)27-22(28-21)25-11-10-17-6-4-3-5-7-17/h6,8-9,12-14H,3-5,7,10-11H2,1-2H3,(H2,24,25,26,27,28). The highest BCUT2D eigenvalue weighted by molar-refractivity contribution is 5.86. The maximum atomic E-state index is 4.69. The van der Waals surface area contributed by atoms with Gasteiger partial charge in [-0.1, -0.05) is 23.8 Å². The lowest BCUT2D eigenvalue weighted by atomic mass is 9.97. The summed E-state index contributed by atoms with van der Waals surface area (Å²) in [5.41, 5.74) is 6.15. The maximum absolute atomic E-state index is 4.69. The molecule has 2 heterocycles. The first-order chi connectivity index (χ1) is 13.7. The van der Waals surface area contributed by atoms with Gasteiger partial charge in [0.1, 0.15) is 0 Å². The molecule has 0 bridgehead atoms. The van der Waals surface area contributed by atoms with Crippen LogP contribution in [0.2, 0.25) is 0 Å². The molecule has 1 aliphatic rings. The Hall–Kier alpha value is -3.02. The van der Waals surface area contributed by atoms with Crippen LogP contribution in [0.5, 0.6) is 0 Å². The zero-order valence-corrected chi connectivity index (χ0v) is 16.5. The number of aryl methyl sites for hydroxylation is 2. The molecule has 2 N–H and O–H groups in total. The van der Waals surface area contributed by atoms with Crippen LogP contribution in [0.15, 0.2) is 42.2 Å². The van der Waals surface area contributed by atoms with E-state index in [0.717, 1.165) is 24.2 Å². The van der Waals surface area contributed by atoms with Crippen molar-refractivity contribution in [1.82, 2.24) is 19.9 Å². The van der Waals surface area contributed by atoms with E-state index in [-0.39, 0.29) is 0 Å². The van der Waals surface area contributed by atoms with E-state index in [0.29, 0.717) is 22.9 Å². The van der Waals surface area contributed by atoms with E-state index >= 15 is 0 Å². The van der Waals surface area contributed by atoms with Gasteiger partial charge >= 0.3 is 0 Å². The topological polar surface area (TPSA) is 75.6 Å². The van der Waals surface area contributed by atoms with Crippen LogP contribution in [0.3, 0.4) is 0 Å². The first-order valence-electron chi connectivity index (χ1n) is 9.94. The SMILES string of the molecule is Cc1ccc(C)c(Nc2nc(NCCC3=CCCCC3)nc3nccnc23)c1. The van der Waals surface area contributed by atoms with Crippen molar-refractivity contribution in [2.75, 3.05) is 17.2 Å². The number of nitrogens with zero attached hydrogens (tertiary/aromatic N) is 4. The van der Waals surface area contributed by atoms with E-state index in [9.17, 15) is 0 Å². The summed E-state index contributed by atoms with van der Waals surface area (Å²) in [6.07, 6.45) is 11.8. The van der Waals surface area contributed by atoms with Crippen molar-refractivity contribution in [3.63, 3.8) is 0 Å². The Morgan fingerprint density at radius 3 is 2.79 bits per heavy atom. The largest absolute Gasteiger partial charge is 0.354 e. The third-order valence-electron chi connectivity index (χ3n) is 5.09. The highest BCUT2D eigenvalue weighted by atomic mass is 15.2. The average molecular weight is 374 g/mol. The zero-order valence-electron chi connectivity index (χ0n) is 16.5. The minimum Gasteiger partial charge on any atom is -0.354 e. The molecule has 0 unspecified atom stereocenters. The fourth-order valence-electron chi connectivity index (χ4n) is 3.49. The Balaban J connectivity index is 1.58. The van der Waals surface area contributed by atoms with Crippen molar-refractivity contribution in [2.45, 2.75) is 46.0 Å². The van der Waals surface area contributed by atoms with Crippen molar-refractivity contribution in [2.24, 2.45) is 0 Å². The summed E-state index contributed by atoms with van der Waals surface area (Å²) in [5.74, 6) is 1.25. The van der Waals surface area contributed by atoms with Crippen molar-refractivity contribution in [1.29, 1.82) is 0 Å². The van der Waals surface area contributed by atoms with Gasteiger partial charge in [-0.3, -0.25) is 0 Å². The quantitative estimate of drug-likeness (QED) is 0.586. The molecular formula is C22H26N6. The summed E-state index contributed by atoms with van der Waals surface area (Å²) in [4.78, 5) is 18.1. The summed E-state index contributed by atoms with van der Waals surface area (Å²) >= 11 is 0. The number of fused-ring (bicyclic) bond motifs is 1. The van der Waals surface area contributed by atoms with Gasteiger partial charge in [0, 0.05) is 24.6 Å². The Kier molecular flexibility index (Phi) is 5.46. The van der Waals surface area contributed by atoms with Crippen LogP contribution in [0.4, 0.5) is 17.5 Å². The van der Waals surface area contributed by atoms with Gasteiger partial charge in [0.2, 0.25) is 5.95 Å². The lowest BCUT2D eigenvalue weighted by Crippen LogP contribution is -2.10. The lowest BCUT2D eigenvalue weighted by molar-refractivity contribution is 0.679. The van der Waals surface area contributed by atoms with Gasteiger partial charge in [-0.15, -0.1) is 0 Å². The number of benzene rings is 1. The minimum atomic E-state index is 0.581. The Bertz CT molecular complexity index is 1010. The van der Waals surface area contributed by atoms with Gasteiger partial charge in [-0.25, -0.2) is 9.97 Å². The molecule has 1 aliphatic carbocycles. The second-order valence-corrected chi connectivity index (χ2v) is 7.35. The highest BCUT2D eigenvalue weighted by Gasteiger charge is 2.12. The van der Waals surface area contributed by atoms with Crippen LogP contribution < -0.4 is 10.6 Å². The van der Waals surface area contributed by atoms with Crippen LogP contribution in [0.1, 0.15) is 43.2 Å². The number of nitrogens with one attached hydrogen (secondary N) is 2. The Morgan fingerprint density at radius 2 is 1.93 bits per heavy atom. The first kappa shape index (κ1) is 18.3. The van der Waals surface area contributed by atoms with E-state index in [1.165, 1.54) is 36.8 Å². The third-order valence-corrected chi connectivity index (χ3v) is 5.09. The third kappa shape index (κ3) is 4.27. The zero-order chi connectivity index (χ0) is 19.3. The Morgan fingerprint density at radius 1 is 1.04 bits per heavy atom. The molecule has 0 saturated carbocycles. The van der Waals surface area contributed by atoms with Crippen molar-refractivity contribution in [3.05, 3.63) is 53.4 Å². The van der Waals surface area contributed by atoms with Gasteiger partial charge in [0.25, 0.3) is 0 Å². The number of aromatic nitrogens is 4. The molecule has 4 rings (SSSR count). The van der Waals surface area contributed by atoms with Gasteiger partial charge in [0.15, 0.2) is 17.0 Å². The van der Waals surface area contributed by atoms with E-state index in [4.69, 9.17) is 4.98 Å². The Labute approximate surface area is 165 Å². The van der Waals surface area contributed by atoms with Crippen LogP contribution in [0.25, 0.3) is 11.2 Å². The predicted molar refractivity (Wildman–Crippen MR) is 114 cm³/mol. The number of anilines is 3. The number of hydrogen-bond donors (Lipinski definition) is 2. The van der Waals surface area contributed by atoms with Gasteiger partial charge in [-0.2, -0.15) is 9.97 Å². The van der Waals surface area contributed by atoms with Gasteiger partial charge in [0.05, 0.1) is 0 Å². The number of rotatable bonds is 6. The van der Waals surface area contributed by atoms with Crippen LogP contribution in [-0.2, 0) is 0 Å². The van der Waals surface area contributed by atoms with Gasteiger partial charge in [-0.05, 0) is 63.1 Å². The molecular weight excluding hydrogens is 348 g/mol. The van der Waals surface area contributed by atoms with E-state index in [1.807, 2.05) is 0 Å². The van der Waals surface area contributed by atoms with Crippen LogP contribution >= 0.6 is 0 Å². The fourth-order valence-corrected chi connectivity index (χ4v) is 3.49. The fraction of sp³-hybridized carbons (Fsp3) is 0.364. The van der Waals surface area contributed by atoms with Crippen molar-refractivity contribution < 1.29 is 0 Å². The van der Waals surface area contributed by atoms with E-state index in [1.54, 1.807) is 12.4 Å². The van der Waals surface area contributed by atoms with E-state index in [2.05, 4.69) is 63.7 Å². The molecule has 6 heteroatoms. The van der Waals surface area contributed by atoms with E-state index < -0.39 is 0 Å². The highest BCUT2D eigenvalue weighted by Crippen LogP contribution is 2.26. The van der Waals surface area contributed by atoms with Crippen LogP contribution in [0, 0.1) is 13.8 Å². The molecule has 0 amide bonds. The summed E-state index contributed by atoms with van der Waals surface area (Å²) in [6, 6.07) is 6.32. The minimum absolute atomic E-state index is 0.581. The molecule has 144 valence electrons. The molecule has 0 fully saturated rings. The molecule has 6 nitrogen and oxygen atoms in total. The molecule has 0 saturated heterocycles. The molecule has 1 aromatic carbocycles. The molecule has 0 aliphatic heterocycles. The second-order valence-electron chi connectivity index (χ2n) is 7.35. The predicted octanol–water partition coefficient (Wildman–Crippen LogP) is 5.08. The van der Waals surface area contributed by atoms with Crippen molar-refractivity contribution >= 4 is 28.6 Å². The molecule has 28 heavy (non-hydrogen) atoms. The number of hydrogen-bond acceptors (Lipinski definition) is 6. The summed E-state index contributed by atoms with van der Waals surface area (Å²) < 4.78 is 0. The van der Waals surface area contributed by atoms with Gasteiger partial charge < -0.3 is 10.6 Å². The molecule has 0 spiro atoms. The smallest absolute Gasteiger partial charge is 0.226 e. The summed E-state index contributed by atoms with van der Waals surface area (Å²) in [5, 5.41) is 6.80. The first-order valence-corrected chi connectivity index (χ1v) is 9.94. The van der Waals surface area contributed by atoms with Crippen LogP contribution in [-0.4, -0.2) is 26.5 Å². The molecule has 3 aromatic rings. The second kappa shape index (κ2) is 8.33. The normalized spacial score (nSPS) is 14.0. The lowest BCUT2D eigenvalue weighted by Gasteiger charge is -2.14. The molecule has 0 radical (unpaired) electrons. The average Bonchev–Trinajstić information content (AvgIpc) is 2.71. The van der Waals surface area contributed by atoms with Crippen molar-refractivity contribution in [3.8, 4) is 0 Å². The molecule has 2 aromatic heterocycles.